The van der Waals surface area contributed by atoms with Gasteiger partial charge in [-0.2, -0.15) is 0 Å². The molecule has 4 nitrogen and oxygen atoms in total. The maximum atomic E-state index is 11.9. The van der Waals surface area contributed by atoms with Crippen LogP contribution in [-0.2, 0) is 4.79 Å². The van der Waals surface area contributed by atoms with E-state index in [-0.39, 0.29) is 11.9 Å². The topological polar surface area (TPSA) is 44.4 Å². The van der Waals surface area contributed by atoms with Crippen molar-refractivity contribution in [3.63, 3.8) is 0 Å². The largest absolute Gasteiger partial charge is 0.325 e. The van der Waals surface area contributed by atoms with Gasteiger partial charge in [0, 0.05) is 25.3 Å². The van der Waals surface area contributed by atoms with Crippen molar-refractivity contribution in [2.45, 2.75) is 6.04 Å². The fourth-order valence-corrected chi connectivity index (χ4v) is 1.82. The molecule has 4 heteroatoms. The maximum Gasteiger partial charge on any atom is 0.242 e. The molecular formula is C12H17N3O. The molecule has 1 aliphatic rings. The number of nitrogens with one attached hydrogen (secondary N) is 2. The molecule has 1 unspecified atom stereocenters. The van der Waals surface area contributed by atoms with Crippen molar-refractivity contribution in [2.24, 2.45) is 0 Å². The summed E-state index contributed by atoms with van der Waals surface area (Å²) in [6, 6.07) is 9.43. The van der Waals surface area contributed by atoms with Gasteiger partial charge in [-0.3, -0.25) is 4.79 Å². The van der Waals surface area contributed by atoms with Crippen molar-refractivity contribution in [1.82, 2.24) is 10.2 Å². The zero-order chi connectivity index (χ0) is 11.4. The molecule has 2 rings (SSSR count). The molecule has 1 atom stereocenters. The normalized spacial score (nSPS) is 21.7. The van der Waals surface area contributed by atoms with Gasteiger partial charge in [0.25, 0.3) is 0 Å². The van der Waals surface area contributed by atoms with E-state index in [9.17, 15) is 4.79 Å². The lowest BCUT2D eigenvalue weighted by Crippen LogP contribution is -2.54. The highest BCUT2D eigenvalue weighted by molar-refractivity contribution is 5.95. The second-order valence-corrected chi connectivity index (χ2v) is 4.12. The van der Waals surface area contributed by atoms with E-state index in [0.29, 0.717) is 0 Å². The summed E-state index contributed by atoms with van der Waals surface area (Å²) in [7, 11) is 2.03. The number of amides is 1. The van der Waals surface area contributed by atoms with E-state index in [0.717, 1.165) is 25.3 Å². The molecule has 0 aliphatic carbocycles. The van der Waals surface area contributed by atoms with Crippen LogP contribution < -0.4 is 10.6 Å². The van der Waals surface area contributed by atoms with Crippen LogP contribution in [-0.4, -0.2) is 43.5 Å². The van der Waals surface area contributed by atoms with Crippen LogP contribution in [0.5, 0.6) is 0 Å². The Morgan fingerprint density at radius 3 is 2.88 bits per heavy atom. The molecule has 1 aliphatic heterocycles. The van der Waals surface area contributed by atoms with Crippen LogP contribution in [0, 0.1) is 0 Å². The maximum absolute atomic E-state index is 11.9. The lowest BCUT2D eigenvalue weighted by Gasteiger charge is -2.29. The van der Waals surface area contributed by atoms with Crippen LogP contribution in [0.3, 0.4) is 0 Å². The Hall–Kier alpha value is -1.39. The van der Waals surface area contributed by atoms with Crippen molar-refractivity contribution in [3.8, 4) is 0 Å². The second-order valence-electron chi connectivity index (χ2n) is 4.12. The van der Waals surface area contributed by atoms with Crippen LogP contribution in [0.15, 0.2) is 30.3 Å². The first kappa shape index (κ1) is 11.1. The first-order chi connectivity index (χ1) is 7.75. The van der Waals surface area contributed by atoms with Crippen molar-refractivity contribution in [2.75, 3.05) is 32.0 Å². The molecule has 0 radical (unpaired) electrons. The highest BCUT2D eigenvalue weighted by Crippen LogP contribution is 2.06. The Labute approximate surface area is 95.6 Å². The number of carbonyl (C=O) groups is 1. The van der Waals surface area contributed by atoms with Gasteiger partial charge in [-0.1, -0.05) is 18.2 Å². The van der Waals surface area contributed by atoms with Crippen LogP contribution in [0.25, 0.3) is 0 Å². The molecule has 0 spiro atoms. The van der Waals surface area contributed by atoms with E-state index in [4.69, 9.17) is 0 Å². The average molecular weight is 219 g/mol. The standard InChI is InChI=1S/C12H17N3O/c1-15-8-7-13-11(9-15)12(16)14-10-5-3-2-4-6-10/h2-6,11,13H,7-9H2,1H3,(H,14,16). The number of anilines is 1. The Bertz CT molecular complexity index is 353. The Morgan fingerprint density at radius 1 is 1.44 bits per heavy atom. The number of benzene rings is 1. The van der Waals surface area contributed by atoms with Gasteiger partial charge in [0.1, 0.15) is 0 Å². The van der Waals surface area contributed by atoms with Gasteiger partial charge in [0.15, 0.2) is 0 Å². The number of para-hydroxylation sites is 1. The average Bonchev–Trinajstić information content (AvgIpc) is 2.30. The quantitative estimate of drug-likeness (QED) is 0.762. The lowest BCUT2D eigenvalue weighted by atomic mass is 10.2. The van der Waals surface area contributed by atoms with Crippen molar-refractivity contribution < 1.29 is 4.79 Å². The summed E-state index contributed by atoms with van der Waals surface area (Å²) >= 11 is 0. The smallest absolute Gasteiger partial charge is 0.242 e. The molecule has 1 amide bonds. The fourth-order valence-electron chi connectivity index (χ4n) is 1.82. The third-order valence-corrected chi connectivity index (χ3v) is 2.74. The molecule has 2 N–H and O–H groups in total. The van der Waals surface area contributed by atoms with Gasteiger partial charge < -0.3 is 15.5 Å². The fraction of sp³-hybridized carbons (Fsp3) is 0.417. The molecule has 1 saturated heterocycles. The zero-order valence-corrected chi connectivity index (χ0v) is 9.44. The highest BCUT2D eigenvalue weighted by atomic mass is 16.2. The monoisotopic (exact) mass is 219 g/mol. The molecule has 1 aromatic rings. The van der Waals surface area contributed by atoms with Gasteiger partial charge in [0.2, 0.25) is 5.91 Å². The Balaban J connectivity index is 1.93. The number of rotatable bonds is 2. The third-order valence-electron chi connectivity index (χ3n) is 2.74. The first-order valence-corrected chi connectivity index (χ1v) is 5.53. The summed E-state index contributed by atoms with van der Waals surface area (Å²) in [5.41, 5.74) is 0.850. The summed E-state index contributed by atoms with van der Waals surface area (Å²) in [6.45, 7) is 2.62. The minimum atomic E-state index is -0.112. The van der Waals surface area contributed by atoms with E-state index >= 15 is 0 Å². The second kappa shape index (κ2) is 5.09. The third kappa shape index (κ3) is 2.81. The molecule has 1 fully saturated rings. The summed E-state index contributed by atoms with van der Waals surface area (Å²) in [5, 5.41) is 6.12. The summed E-state index contributed by atoms with van der Waals surface area (Å²) in [4.78, 5) is 14.1. The predicted molar refractivity (Wildman–Crippen MR) is 64.4 cm³/mol. The van der Waals surface area contributed by atoms with Crippen molar-refractivity contribution in [3.05, 3.63) is 30.3 Å². The number of likely N-dealkylation sites (N-methyl/N-ethyl adjacent to an activating group) is 1. The number of hydrogen-bond donors (Lipinski definition) is 2. The van der Waals surface area contributed by atoms with Gasteiger partial charge in [0.05, 0.1) is 6.04 Å². The lowest BCUT2D eigenvalue weighted by molar-refractivity contribution is -0.119. The van der Waals surface area contributed by atoms with Gasteiger partial charge in [-0.05, 0) is 19.2 Å². The number of nitrogens with zero attached hydrogens (tertiary/aromatic N) is 1. The van der Waals surface area contributed by atoms with E-state index in [1.807, 2.05) is 37.4 Å². The van der Waals surface area contributed by atoms with E-state index in [1.165, 1.54) is 0 Å². The molecule has 0 saturated carbocycles. The van der Waals surface area contributed by atoms with E-state index in [2.05, 4.69) is 15.5 Å². The van der Waals surface area contributed by atoms with Gasteiger partial charge >= 0.3 is 0 Å². The summed E-state index contributed by atoms with van der Waals surface area (Å²) in [6.07, 6.45) is 0. The van der Waals surface area contributed by atoms with Crippen LogP contribution in [0.4, 0.5) is 5.69 Å². The van der Waals surface area contributed by atoms with Gasteiger partial charge in [-0.25, -0.2) is 0 Å². The van der Waals surface area contributed by atoms with Crippen molar-refractivity contribution in [1.29, 1.82) is 0 Å². The van der Waals surface area contributed by atoms with Crippen molar-refractivity contribution >= 4 is 11.6 Å². The molecule has 1 heterocycles. The molecule has 16 heavy (non-hydrogen) atoms. The molecular weight excluding hydrogens is 202 g/mol. The van der Waals surface area contributed by atoms with E-state index < -0.39 is 0 Å². The SMILES string of the molecule is CN1CCNC(C(=O)Nc2ccccc2)C1. The van der Waals surface area contributed by atoms with Crippen LogP contribution in [0.1, 0.15) is 0 Å². The Morgan fingerprint density at radius 2 is 2.19 bits per heavy atom. The molecule has 1 aromatic carbocycles. The molecule has 86 valence electrons. The number of piperazine rings is 1. The number of carbonyl (C=O) groups excluding carboxylic acids is 1. The van der Waals surface area contributed by atoms with Gasteiger partial charge in [-0.15, -0.1) is 0 Å². The summed E-state index contributed by atoms with van der Waals surface area (Å²) in [5.74, 6) is 0.0396. The molecule has 0 aromatic heterocycles. The van der Waals surface area contributed by atoms with Crippen LogP contribution >= 0.6 is 0 Å². The number of hydrogen-bond acceptors (Lipinski definition) is 3. The van der Waals surface area contributed by atoms with E-state index in [1.54, 1.807) is 0 Å². The highest BCUT2D eigenvalue weighted by Gasteiger charge is 2.23. The Kier molecular flexibility index (Phi) is 3.54. The minimum Gasteiger partial charge on any atom is -0.325 e. The predicted octanol–water partition coefficient (Wildman–Crippen LogP) is 0.529. The van der Waals surface area contributed by atoms with Crippen LogP contribution in [0.2, 0.25) is 0 Å². The zero-order valence-electron chi connectivity index (χ0n) is 9.44. The first-order valence-electron chi connectivity index (χ1n) is 5.53. The summed E-state index contributed by atoms with van der Waals surface area (Å²) < 4.78 is 0. The minimum absolute atomic E-state index is 0.0396. The molecule has 0 bridgehead atoms.